The van der Waals surface area contributed by atoms with Crippen LogP contribution in [0.25, 0.3) is 0 Å². The van der Waals surface area contributed by atoms with E-state index in [2.05, 4.69) is 44.6 Å². The molecule has 1 heterocycles. The van der Waals surface area contributed by atoms with E-state index in [0.29, 0.717) is 5.92 Å². The molecule has 0 aliphatic rings. The molecule has 0 radical (unpaired) electrons. The maximum atomic E-state index is 4.66. The van der Waals surface area contributed by atoms with Crippen LogP contribution in [0.2, 0.25) is 0 Å². The van der Waals surface area contributed by atoms with Gasteiger partial charge in [-0.2, -0.15) is 0 Å². The molecule has 0 aliphatic heterocycles. The van der Waals surface area contributed by atoms with Crippen molar-refractivity contribution in [1.82, 2.24) is 9.97 Å². The van der Waals surface area contributed by atoms with Gasteiger partial charge in [0.2, 0.25) is 0 Å². The minimum Gasteiger partial charge on any atom is -0.238 e. The van der Waals surface area contributed by atoms with Gasteiger partial charge in [0.25, 0.3) is 0 Å². The van der Waals surface area contributed by atoms with Crippen molar-refractivity contribution >= 4 is 0 Å². The Bertz CT molecular complexity index is 332. The van der Waals surface area contributed by atoms with Gasteiger partial charge in [-0.25, -0.2) is 9.97 Å². The monoisotopic (exact) mass is 206 g/mol. The number of aryl methyl sites for hydroxylation is 2. The highest BCUT2D eigenvalue weighted by Gasteiger charge is 2.11. The lowest BCUT2D eigenvalue weighted by atomic mass is 10.0. The van der Waals surface area contributed by atoms with Gasteiger partial charge in [0, 0.05) is 17.3 Å². The van der Waals surface area contributed by atoms with Crippen LogP contribution in [-0.4, -0.2) is 9.97 Å². The van der Waals surface area contributed by atoms with E-state index in [4.69, 9.17) is 0 Å². The first-order valence-electron chi connectivity index (χ1n) is 5.94. The molecule has 2 nitrogen and oxygen atoms in total. The molecule has 1 aromatic rings. The zero-order valence-corrected chi connectivity index (χ0v) is 10.6. The minimum absolute atomic E-state index is 0.486. The number of rotatable bonds is 4. The largest absolute Gasteiger partial charge is 0.238 e. The first kappa shape index (κ1) is 12.2. The maximum absolute atomic E-state index is 4.66. The predicted octanol–water partition coefficient (Wildman–Crippen LogP) is 3.56. The summed E-state index contributed by atoms with van der Waals surface area (Å²) in [5.41, 5.74) is 3.60. The van der Waals surface area contributed by atoms with Crippen molar-refractivity contribution in [2.75, 3.05) is 0 Å². The molecule has 1 rings (SSSR count). The maximum Gasteiger partial charge on any atom is 0.131 e. The van der Waals surface area contributed by atoms with Gasteiger partial charge in [-0.3, -0.25) is 0 Å². The lowest BCUT2D eigenvalue weighted by Gasteiger charge is -2.13. The van der Waals surface area contributed by atoms with Crippen LogP contribution in [0.4, 0.5) is 0 Å². The Morgan fingerprint density at radius 1 is 1.13 bits per heavy atom. The summed E-state index contributed by atoms with van der Waals surface area (Å²) in [6.45, 7) is 10.8. The summed E-state index contributed by atoms with van der Waals surface area (Å²) in [5, 5.41) is 0. The summed E-state index contributed by atoms with van der Waals surface area (Å²) < 4.78 is 0. The summed E-state index contributed by atoms with van der Waals surface area (Å²) in [6, 6.07) is 0. The second-order valence-electron chi connectivity index (χ2n) is 4.28. The summed E-state index contributed by atoms with van der Waals surface area (Å²) in [6.07, 6.45) is 3.37. The van der Waals surface area contributed by atoms with Crippen LogP contribution < -0.4 is 0 Å². The standard InChI is InChI=1S/C13H22N2/c1-6-8-9(3)13-14-11(5)10(4)12(7-2)15-13/h9H,6-8H2,1-5H3. The zero-order valence-electron chi connectivity index (χ0n) is 10.6. The van der Waals surface area contributed by atoms with Crippen LogP contribution in [0.5, 0.6) is 0 Å². The number of hydrogen-bond acceptors (Lipinski definition) is 2. The molecule has 0 spiro atoms. The van der Waals surface area contributed by atoms with Crippen molar-refractivity contribution in [2.24, 2.45) is 0 Å². The molecule has 2 heteroatoms. The Kier molecular flexibility index (Phi) is 4.25. The van der Waals surface area contributed by atoms with Gasteiger partial charge >= 0.3 is 0 Å². The molecular formula is C13H22N2. The smallest absolute Gasteiger partial charge is 0.131 e. The van der Waals surface area contributed by atoms with Crippen LogP contribution in [0.1, 0.15) is 62.3 Å². The Balaban J connectivity index is 3.05. The molecule has 0 aromatic carbocycles. The second-order valence-corrected chi connectivity index (χ2v) is 4.28. The molecule has 0 amide bonds. The van der Waals surface area contributed by atoms with Gasteiger partial charge in [-0.1, -0.05) is 27.2 Å². The van der Waals surface area contributed by atoms with Gasteiger partial charge in [-0.15, -0.1) is 0 Å². The van der Waals surface area contributed by atoms with Crippen LogP contribution in [0.3, 0.4) is 0 Å². The van der Waals surface area contributed by atoms with Crippen molar-refractivity contribution in [3.05, 3.63) is 22.8 Å². The Morgan fingerprint density at radius 3 is 2.33 bits per heavy atom. The van der Waals surface area contributed by atoms with Crippen LogP contribution >= 0.6 is 0 Å². The number of hydrogen-bond donors (Lipinski definition) is 0. The molecule has 0 bridgehead atoms. The predicted molar refractivity (Wildman–Crippen MR) is 64.2 cm³/mol. The van der Waals surface area contributed by atoms with Gasteiger partial charge < -0.3 is 0 Å². The van der Waals surface area contributed by atoms with E-state index in [-0.39, 0.29) is 0 Å². The third-order valence-electron chi connectivity index (χ3n) is 3.00. The van der Waals surface area contributed by atoms with Crippen molar-refractivity contribution in [3.8, 4) is 0 Å². The van der Waals surface area contributed by atoms with Crippen molar-refractivity contribution in [2.45, 2.75) is 59.8 Å². The molecular weight excluding hydrogens is 184 g/mol. The van der Waals surface area contributed by atoms with E-state index in [9.17, 15) is 0 Å². The SMILES string of the molecule is CCCC(C)c1nc(C)c(C)c(CC)n1. The highest BCUT2D eigenvalue weighted by atomic mass is 14.9. The van der Waals surface area contributed by atoms with E-state index < -0.39 is 0 Å². The topological polar surface area (TPSA) is 25.8 Å². The fraction of sp³-hybridized carbons (Fsp3) is 0.692. The van der Waals surface area contributed by atoms with Crippen LogP contribution in [0, 0.1) is 13.8 Å². The summed E-state index contributed by atoms with van der Waals surface area (Å²) in [4.78, 5) is 9.25. The Hall–Kier alpha value is -0.920. The first-order chi connectivity index (χ1) is 7.10. The van der Waals surface area contributed by atoms with Gasteiger partial charge in [0.15, 0.2) is 0 Å². The summed E-state index contributed by atoms with van der Waals surface area (Å²) in [7, 11) is 0. The molecule has 0 fully saturated rings. The molecule has 84 valence electrons. The fourth-order valence-corrected chi connectivity index (χ4v) is 1.84. The summed E-state index contributed by atoms with van der Waals surface area (Å²) in [5.74, 6) is 1.51. The number of nitrogens with zero attached hydrogens (tertiary/aromatic N) is 2. The molecule has 0 aliphatic carbocycles. The average molecular weight is 206 g/mol. The number of aromatic nitrogens is 2. The van der Waals surface area contributed by atoms with E-state index in [0.717, 1.165) is 17.9 Å². The van der Waals surface area contributed by atoms with Gasteiger partial charge in [0.1, 0.15) is 5.82 Å². The second kappa shape index (κ2) is 5.24. The van der Waals surface area contributed by atoms with Crippen molar-refractivity contribution in [3.63, 3.8) is 0 Å². The quantitative estimate of drug-likeness (QED) is 0.752. The first-order valence-corrected chi connectivity index (χ1v) is 5.94. The van der Waals surface area contributed by atoms with E-state index in [1.807, 2.05) is 0 Å². The van der Waals surface area contributed by atoms with Gasteiger partial charge in [0.05, 0.1) is 0 Å². The lowest BCUT2D eigenvalue weighted by molar-refractivity contribution is 0.618. The van der Waals surface area contributed by atoms with E-state index in [1.54, 1.807) is 0 Å². The molecule has 1 aromatic heterocycles. The molecule has 1 atom stereocenters. The summed E-state index contributed by atoms with van der Waals surface area (Å²) >= 11 is 0. The fourth-order valence-electron chi connectivity index (χ4n) is 1.84. The van der Waals surface area contributed by atoms with Crippen molar-refractivity contribution < 1.29 is 0 Å². The van der Waals surface area contributed by atoms with Crippen molar-refractivity contribution in [1.29, 1.82) is 0 Å². The lowest BCUT2D eigenvalue weighted by Crippen LogP contribution is -2.07. The third kappa shape index (κ3) is 2.77. The zero-order chi connectivity index (χ0) is 11.4. The van der Waals surface area contributed by atoms with Crippen LogP contribution in [-0.2, 0) is 6.42 Å². The molecule has 15 heavy (non-hydrogen) atoms. The normalized spacial score (nSPS) is 12.9. The van der Waals surface area contributed by atoms with E-state index >= 15 is 0 Å². The minimum atomic E-state index is 0.486. The highest BCUT2D eigenvalue weighted by Crippen LogP contribution is 2.19. The van der Waals surface area contributed by atoms with Crippen LogP contribution in [0.15, 0.2) is 0 Å². The molecule has 0 saturated heterocycles. The van der Waals surface area contributed by atoms with E-state index in [1.165, 1.54) is 24.1 Å². The molecule has 1 unspecified atom stereocenters. The highest BCUT2D eigenvalue weighted by molar-refractivity contribution is 5.24. The average Bonchev–Trinajstić information content (AvgIpc) is 2.22. The Labute approximate surface area is 93.2 Å². The molecule has 0 saturated carbocycles. The third-order valence-corrected chi connectivity index (χ3v) is 3.00. The molecule has 0 N–H and O–H groups in total. The van der Waals surface area contributed by atoms with Gasteiger partial charge in [-0.05, 0) is 32.3 Å². The Morgan fingerprint density at radius 2 is 1.80 bits per heavy atom.